The molecule has 0 spiro atoms. The fourth-order valence-corrected chi connectivity index (χ4v) is 4.28. The van der Waals surface area contributed by atoms with E-state index in [2.05, 4.69) is 32.5 Å². The summed E-state index contributed by atoms with van der Waals surface area (Å²) < 4.78 is 3.56. The first kappa shape index (κ1) is 20.9. The molecule has 1 saturated heterocycles. The Morgan fingerprint density at radius 2 is 1.73 bits per heavy atom. The number of hydrogen-bond acceptors (Lipinski definition) is 6. The number of benzene rings is 1. The molecule has 0 bridgehead atoms. The summed E-state index contributed by atoms with van der Waals surface area (Å²) in [4.78, 5) is 23.5. The zero-order valence-corrected chi connectivity index (χ0v) is 18.9. The summed E-state index contributed by atoms with van der Waals surface area (Å²) in [6, 6.07) is 8.29. The zero-order valence-electron chi connectivity index (χ0n) is 18.9. The lowest BCUT2D eigenvalue weighted by Crippen LogP contribution is -2.35. The van der Waals surface area contributed by atoms with Crippen molar-refractivity contribution < 1.29 is 4.79 Å². The Hall–Kier alpha value is -4.01. The van der Waals surface area contributed by atoms with E-state index in [-0.39, 0.29) is 11.9 Å². The SMILES string of the molecule is CC(=O)N[C@@H]1CCN(c2nc(-c3cccc(-c4cnn(C)c4)c3)ncc2-c2cnn(C)c2)C1. The fraction of sp³-hybridized carbons (Fsp3) is 0.292. The van der Waals surface area contributed by atoms with Crippen molar-refractivity contribution in [3.63, 3.8) is 0 Å². The summed E-state index contributed by atoms with van der Waals surface area (Å²) in [5, 5.41) is 11.6. The Morgan fingerprint density at radius 1 is 1.00 bits per heavy atom. The molecule has 4 heterocycles. The predicted octanol–water partition coefficient (Wildman–Crippen LogP) is 2.66. The third kappa shape index (κ3) is 4.34. The van der Waals surface area contributed by atoms with E-state index >= 15 is 0 Å². The van der Waals surface area contributed by atoms with E-state index in [1.807, 2.05) is 57.2 Å². The van der Waals surface area contributed by atoms with Crippen LogP contribution in [0.3, 0.4) is 0 Å². The Labute approximate surface area is 192 Å². The molecule has 5 rings (SSSR count). The van der Waals surface area contributed by atoms with Crippen molar-refractivity contribution >= 4 is 11.7 Å². The summed E-state index contributed by atoms with van der Waals surface area (Å²) in [5.74, 6) is 1.50. The maximum atomic E-state index is 11.6. The minimum absolute atomic E-state index is 0.00933. The first-order chi connectivity index (χ1) is 16.0. The van der Waals surface area contributed by atoms with E-state index in [0.29, 0.717) is 12.4 Å². The number of aryl methyl sites for hydroxylation is 2. The summed E-state index contributed by atoms with van der Waals surface area (Å²) in [7, 11) is 3.80. The van der Waals surface area contributed by atoms with Gasteiger partial charge in [-0.1, -0.05) is 18.2 Å². The lowest BCUT2D eigenvalue weighted by atomic mass is 10.1. The van der Waals surface area contributed by atoms with Crippen molar-refractivity contribution in [3.05, 3.63) is 55.2 Å². The largest absolute Gasteiger partial charge is 0.354 e. The molecule has 3 aromatic heterocycles. The van der Waals surface area contributed by atoms with Gasteiger partial charge in [-0.25, -0.2) is 9.97 Å². The van der Waals surface area contributed by atoms with Gasteiger partial charge in [0, 0.05) is 81.0 Å². The van der Waals surface area contributed by atoms with Gasteiger partial charge in [-0.15, -0.1) is 0 Å². The standard InChI is InChI=1S/C24H26N8O/c1-16(33)28-21-7-8-32(15-21)24-22(20-11-27-31(3)14-20)12-25-23(29-24)18-6-4-5-17(9-18)19-10-26-30(2)13-19/h4-6,9-14,21H,7-8,15H2,1-3H3,(H,28,33)/t21-/m1/s1. The summed E-state index contributed by atoms with van der Waals surface area (Å²) in [5.41, 5.74) is 4.94. The molecule has 4 aromatic rings. The van der Waals surface area contributed by atoms with Crippen molar-refractivity contribution in [2.24, 2.45) is 14.1 Å². The molecule has 1 fully saturated rings. The molecule has 1 aliphatic heterocycles. The number of nitrogens with zero attached hydrogens (tertiary/aromatic N) is 7. The molecule has 1 N–H and O–H groups in total. The van der Waals surface area contributed by atoms with Gasteiger partial charge in [-0.2, -0.15) is 10.2 Å². The second-order valence-corrected chi connectivity index (χ2v) is 8.45. The number of nitrogens with one attached hydrogen (secondary N) is 1. The fourth-order valence-electron chi connectivity index (χ4n) is 4.28. The number of carbonyl (C=O) groups excluding carboxylic acids is 1. The highest BCUT2D eigenvalue weighted by atomic mass is 16.1. The van der Waals surface area contributed by atoms with Crippen molar-refractivity contribution in [2.75, 3.05) is 18.0 Å². The van der Waals surface area contributed by atoms with E-state index in [1.54, 1.807) is 16.3 Å². The van der Waals surface area contributed by atoms with E-state index < -0.39 is 0 Å². The molecule has 9 nitrogen and oxygen atoms in total. The Balaban J connectivity index is 1.54. The third-order valence-corrected chi connectivity index (χ3v) is 5.84. The van der Waals surface area contributed by atoms with Gasteiger partial charge in [0.05, 0.1) is 12.4 Å². The Morgan fingerprint density at radius 3 is 2.42 bits per heavy atom. The predicted molar refractivity (Wildman–Crippen MR) is 126 cm³/mol. The van der Waals surface area contributed by atoms with Crippen LogP contribution < -0.4 is 10.2 Å². The van der Waals surface area contributed by atoms with E-state index in [4.69, 9.17) is 9.97 Å². The van der Waals surface area contributed by atoms with Crippen molar-refractivity contribution in [2.45, 2.75) is 19.4 Å². The van der Waals surface area contributed by atoms with E-state index in [1.165, 1.54) is 0 Å². The molecule has 168 valence electrons. The molecule has 1 atom stereocenters. The first-order valence-corrected chi connectivity index (χ1v) is 10.9. The number of carbonyl (C=O) groups is 1. The molecule has 0 aliphatic carbocycles. The van der Waals surface area contributed by atoms with Crippen LogP contribution >= 0.6 is 0 Å². The van der Waals surface area contributed by atoms with E-state index in [0.717, 1.165) is 46.6 Å². The lowest BCUT2D eigenvalue weighted by molar-refractivity contribution is -0.119. The average Bonchev–Trinajstić information content (AvgIpc) is 3.55. The summed E-state index contributed by atoms with van der Waals surface area (Å²) in [6.45, 7) is 3.07. The molecule has 1 aromatic carbocycles. The molecular formula is C24H26N8O. The highest BCUT2D eigenvalue weighted by molar-refractivity contribution is 5.78. The minimum Gasteiger partial charge on any atom is -0.354 e. The molecule has 0 unspecified atom stereocenters. The topological polar surface area (TPSA) is 93.8 Å². The maximum absolute atomic E-state index is 11.6. The first-order valence-electron chi connectivity index (χ1n) is 10.9. The second kappa shape index (κ2) is 8.50. The van der Waals surface area contributed by atoms with Gasteiger partial charge in [0.2, 0.25) is 5.91 Å². The molecule has 1 amide bonds. The van der Waals surface area contributed by atoms with Gasteiger partial charge in [0.1, 0.15) is 5.82 Å². The summed E-state index contributed by atoms with van der Waals surface area (Å²) >= 11 is 0. The molecule has 9 heteroatoms. The van der Waals surface area contributed by atoms with Crippen LogP contribution in [0.2, 0.25) is 0 Å². The number of hydrogen-bond donors (Lipinski definition) is 1. The molecule has 0 saturated carbocycles. The van der Waals surface area contributed by atoms with Crippen LogP contribution in [0.4, 0.5) is 5.82 Å². The van der Waals surface area contributed by atoms with E-state index in [9.17, 15) is 4.79 Å². The van der Waals surface area contributed by atoms with Gasteiger partial charge < -0.3 is 10.2 Å². The van der Waals surface area contributed by atoms with Crippen LogP contribution in [-0.2, 0) is 18.9 Å². The quantitative estimate of drug-likeness (QED) is 0.511. The zero-order chi connectivity index (χ0) is 22.9. The second-order valence-electron chi connectivity index (χ2n) is 8.45. The number of amides is 1. The van der Waals surface area contributed by atoms with Crippen LogP contribution in [0.5, 0.6) is 0 Å². The molecule has 0 radical (unpaired) electrons. The number of anilines is 1. The smallest absolute Gasteiger partial charge is 0.217 e. The monoisotopic (exact) mass is 442 g/mol. The van der Waals surface area contributed by atoms with Crippen molar-refractivity contribution in [1.29, 1.82) is 0 Å². The van der Waals surface area contributed by atoms with Gasteiger partial charge in [0.15, 0.2) is 5.82 Å². The van der Waals surface area contributed by atoms with Crippen LogP contribution in [0.1, 0.15) is 13.3 Å². The van der Waals surface area contributed by atoms with Crippen LogP contribution in [0, 0.1) is 0 Å². The van der Waals surface area contributed by atoms with Crippen molar-refractivity contribution in [1.82, 2.24) is 34.8 Å². The van der Waals surface area contributed by atoms with Crippen LogP contribution in [0.25, 0.3) is 33.6 Å². The van der Waals surface area contributed by atoms with Crippen LogP contribution in [0.15, 0.2) is 55.2 Å². The molecular weight excluding hydrogens is 416 g/mol. The lowest BCUT2D eigenvalue weighted by Gasteiger charge is -2.21. The van der Waals surface area contributed by atoms with Gasteiger partial charge in [-0.05, 0) is 18.1 Å². The normalized spacial score (nSPS) is 15.7. The Bertz CT molecular complexity index is 1310. The summed E-state index contributed by atoms with van der Waals surface area (Å²) in [6.07, 6.45) is 10.4. The number of rotatable bonds is 5. The minimum atomic E-state index is -0.00933. The highest BCUT2D eigenvalue weighted by Crippen LogP contribution is 2.33. The highest BCUT2D eigenvalue weighted by Gasteiger charge is 2.27. The maximum Gasteiger partial charge on any atom is 0.217 e. The van der Waals surface area contributed by atoms with Gasteiger partial charge in [0.25, 0.3) is 0 Å². The van der Waals surface area contributed by atoms with Gasteiger partial charge >= 0.3 is 0 Å². The average molecular weight is 443 g/mol. The Kier molecular flexibility index (Phi) is 5.37. The van der Waals surface area contributed by atoms with Crippen molar-refractivity contribution in [3.8, 4) is 33.6 Å². The van der Waals surface area contributed by atoms with Crippen LogP contribution in [-0.4, -0.2) is 54.6 Å². The van der Waals surface area contributed by atoms with Gasteiger partial charge in [-0.3, -0.25) is 14.2 Å². The number of aromatic nitrogens is 6. The molecule has 1 aliphatic rings. The third-order valence-electron chi connectivity index (χ3n) is 5.84. The molecule has 33 heavy (non-hydrogen) atoms.